The summed E-state index contributed by atoms with van der Waals surface area (Å²) >= 11 is 0. The molecule has 2 aromatic heterocycles. The molecule has 1 aliphatic carbocycles. The van der Waals surface area contributed by atoms with Crippen LogP contribution in [0.15, 0.2) is 35.1 Å². The van der Waals surface area contributed by atoms with E-state index in [9.17, 15) is 0 Å². The molecule has 31 heavy (non-hydrogen) atoms. The maximum absolute atomic E-state index is 5.96. The van der Waals surface area contributed by atoms with Crippen LogP contribution < -0.4 is 9.64 Å². The van der Waals surface area contributed by atoms with Crippen LogP contribution in [0.1, 0.15) is 51.3 Å². The molecule has 0 spiro atoms. The van der Waals surface area contributed by atoms with E-state index in [4.69, 9.17) is 9.26 Å². The number of hydrogen-bond donors (Lipinski definition) is 0. The van der Waals surface area contributed by atoms with E-state index in [1.165, 1.54) is 19.3 Å². The Kier molecular flexibility index (Phi) is 5.57. The first-order chi connectivity index (χ1) is 15.2. The number of benzene rings is 1. The van der Waals surface area contributed by atoms with Crippen LogP contribution in [0.4, 0.5) is 6.01 Å². The Morgan fingerprint density at radius 3 is 2.65 bits per heavy atom. The van der Waals surface area contributed by atoms with Gasteiger partial charge in [0.15, 0.2) is 5.82 Å². The van der Waals surface area contributed by atoms with Gasteiger partial charge in [0.05, 0.1) is 12.3 Å². The van der Waals surface area contributed by atoms with Crippen LogP contribution >= 0.6 is 0 Å². The number of tetrazole rings is 1. The van der Waals surface area contributed by atoms with Gasteiger partial charge >= 0.3 is 6.01 Å². The zero-order valence-electron chi connectivity index (χ0n) is 18.1. The van der Waals surface area contributed by atoms with Crippen molar-refractivity contribution < 1.29 is 9.26 Å². The molecule has 1 saturated heterocycles. The molecule has 3 heterocycles. The highest BCUT2D eigenvalue weighted by Crippen LogP contribution is 2.50. The Balaban J connectivity index is 1.03. The first-order valence-corrected chi connectivity index (χ1v) is 11.2. The number of aromatic nitrogens is 6. The smallest absolute Gasteiger partial charge is 0.324 e. The Labute approximate surface area is 181 Å². The monoisotopic (exact) mass is 423 g/mol. The second kappa shape index (κ2) is 8.64. The quantitative estimate of drug-likeness (QED) is 0.543. The Morgan fingerprint density at radius 2 is 1.97 bits per heavy atom. The number of hydrogen-bond acceptors (Lipinski definition) is 8. The van der Waals surface area contributed by atoms with Crippen molar-refractivity contribution in [3.63, 3.8) is 0 Å². The van der Waals surface area contributed by atoms with E-state index >= 15 is 0 Å². The lowest BCUT2D eigenvalue weighted by Gasteiger charge is -2.30. The third-order valence-electron chi connectivity index (χ3n) is 6.55. The molecule has 5 rings (SSSR count). The summed E-state index contributed by atoms with van der Waals surface area (Å²) in [4.78, 5) is 6.79. The van der Waals surface area contributed by atoms with E-state index < -0.39 is 0 Å². The number of anilines is 1. The van der Waals surface area contributed by atoms with Gasteiger partial charge in [0, 0.05) is 19.0 Å². The second-order valence-electron chi connectivity index (χ2n) is 8.96. The molecule has 9 heteroatoms. The summed E-state index contributed by atoms with van der Waals surface area (Å²) < 4.78 is 13.1. The average molecular weight is 424 g/mol. The van der Waals surface area contributed by atoms with Crippen LogP contribution in [-0.2, 0) is 0 Å². The molecule has 0 bridgehead atoms. The summed E-state index contributed by atoms with van der Waals surface area (Å²) in [5.74, 6) is 4.44. The summed E-state index contributed by atoms with van der Waals surface area (Å²) in [6, 6.07) is 8.56. The molecular formula is C22H29N7O2. The molecule has 2 aliphatic rings. The Hall–Kier alpha value is -2.97. The average Bonchev–Trinajstić information content (AvgIpc) is 3.19. The molecule has 0 amide bonds. The zero-order valence-corrected chi connectivity index (χ0v) is 18.1. The van der Waals surface area contributed by atoms with Crippen molar-refractivity contribution in [3.05, 3.63) is 36.4 Å². The lowest BCUT2D eigenvalue weighted by atomic mass is 9.90. The fourth-order valence-electron chi connectivity index (χ4n) is 4.59. The highest BCUT2D eigenvalue weighted by atomic mass is 16.5. The third kappa shape index (κ3) is 4.55. The van der Waals surface area contributed by atoms with Gasteiger partial charge in [-0.1, -0.05) is 19.0 Å². The fourth-order valence-corrected chi connectivity index (χ4v) is 4.59. The predicted molar refractivity (Wildman–Crippen MR) is 114 cm³/mol. The highest BCUT2D eigenvalue weighted by Gasteiger charge is 2.43. The summed E-state index contributed by atoms with van der Waals surface area (Å²) in [5, 5.41) is 15.3. The van der Waals surface area contributed by atoms with Crippen molar-refractivity contribution in [1.82, 2.24) is 30.3 Å². The van der Waals surface area contributed by atoms with Crippen molar-refractivity contribution in [2.24, 2.45) is 17.8 Å². The molecule has 3 aromatic rings. The summed E-state index contributed by atoms with van der Waals surface area (Å²) in [6.07, 6.45) is 6.46. The van der Waals surface area contributed by atoms with Crippen LogP contribution in [0.3, 0.4) is 0 Å². The van der Waals surface area contributed by atoms with Crippen LogP contribution in [0, 0.1) is 17.8 Å². The highest BCUT2D eigenvalue weighted by molar-refractivity contribution is 5.36. The maximum Gasteiger partial charge on any atom is 0.324 e. The van der Waals surface area contributed by atoms with Gasteiger partial charge in [-0.25, -0.2) is 4.68 Å². The Morgan fingerprint density at radius 1 is 1.16 bits per heavy atom. The number of nitrogens with zero attached hydrogens (tertiary/aromatic N) is 7. The van der Waals surface area contributed by atoms with Crippen LogP contribution in [0.25, 0.3) is 5.69 Å². The summed E-state index contributed by atoms with van der Waals surface area (Å²) in [6.45, 7) is 6.97. The standard InChI is InChI=1S/C22H29N7O2/c1-15(2)21-24-22(31-25-21)28-10-7-16(8-11-28)20-13-17(20)9-12-30-19-5-3-18(4-6-19)29-14-23-26-27-29/h3-6,14-17,20H,7-13H2,1-2H3. The summed E-state index contributed by atoms with van der Waals surface area (Å²) in [7, 11) is 0. The lowest BCUT2D eigenvalue weighted by Crippen LogP contribution is -2.34. The van der Waals surface area contributed by atoms with Crippen LogP contribution in [0.2, 0.25) is 0 Å². The molecule has 1 saturated carbocycles. The lowest BCUT2D eigenvalue weighted by molar-refractivity contribution is 0.282. The van der Waals surface area contributed by atoms with Crippen LogP contribution in [0.5, 0.6) is 5.75 Å². The van der Waals surface area contributed by atoms with E-state index in [0.717, 1.165) is 61.1 Å². The van der Waals surface area contributed by atoms with Gasteiger partial charge in [-0.05, 0) is 78.1 Å². The molecule has 9 nitrogen and oxygen atoms in total. The van der Waals surface area contributed by atoms with Crippen molar-refractivity contribution in [3.8, 4) is 11.4 Å². The van der Waals surface area contributed by atoms with E-state index in [1.807, 2.05) is 24.3 Å². The van der Waals surface area contributed by atoms with Gasteiger partial charge in [0.2, 0.25) is 0 Å². The fraction of sp³-hybridized carbons (Fsp3) is 0.591. The van der Waals surface area contributed by atoms with Gasteiger partial charge in [-0.3, -0.25) is 0 Å². The number of ether oxygens (including phenoxy) is 1. The molecular weight excluding hydrogens is 394 g/mol. The Bertz CT molecular complexity index is 962. The maximum atomic E-state index is 5.96. The predicted octanol–water partition coefficient (Wildman–Crippen LogP) is 3.49. The van der Waals surface area contributed by atoms with Gasteiger partial charge in [0.1, 0.15) is 12.1 Å². The molecule has 1 aliphatic heterocycles. The molecule has 164 valence electrons. The van der Waals surface area contributed by atoms with Crippen molar-refractivity contribution >= 4 is 6.01 Å². The van der Waals surface area contributed by atoms with Crippen molar-refractivity contribution in [2.45, 2.75) is 45.4 Å². The second-order valence-corrected chi connectivity index (χ2v) is 8.96. The van der Waals surface area contributed by atoms with Crippen LogP contribution in [-0.4, -0.2) is 50.0 Å². The first-order valence-electron chi connectivity index (χ1n) is 11.2. The van der Waals surface area contributed by atoms with Gasteiger partial charge in [0.25, 0.3) is 0 Å². The van der Waals surface area contributed by atoms with Gasteiger partial charge in [-0.2, -0.15) is 4.98 Å². The third-order valence-corrected chi connectivity index (χ3v) is 6.55. The van der Waals surface area contributed by atoms with E-state index in [-0.39, 0.29) is 0 Å². The van der Waals surface area contributed by atoms with E-state index in [1.54, 1.807) is 11.0 Å². The topological polar surface area (TPSA) is 95.0 Å². The molecule has 0 N–H and O–H groups in total. The van der Waals surface area contributed by atoms with Crippen molar-refractivity contribution in [1.29, 1.82) is 0 Å². The SMILES string of the molecule is CC(C)c1noc(N2CCC(C3CC3CCOc3ccc(-n4cnnn4)cc3)CC2)n1. The van der Waals surface area contributed by atoms with Gasteiger partial charge < -0.3 is 14.2 Å². The van der Waals surface area contributed by atoms with Gasteiger partial charge in [-0.15, -0.1) is 5.10 Å². The molecule has 2 fully saturated rings. The molecule has 1 aromatic carbocycles. The minimum absolute atomic E-state index is 0.299. The minimum Gasteiger partial charge on any atom is -0.494 e. The zero-order chi connectivity index (χ0) is 21.2. The van der Waals surface area contributed by atoms with E-state index in [2.05, 4.69) is 44.4 Å². The first kappa shape index (κ1) is 20.0. The van der Waals surface area contributed by atoms with E-state index in [0.29, 0.717) is 11.9 Å². The summed E-state index contributed by atoms with van der Waals surface area (Å²) in [5.41, 5.74) is 0.923. The molecule has 0 radical (unpaired) electrons. The van der Waals surface area contributed by atoms with Crippen molar-refractivity contribution in [2.75, 3.05) is 24.6 Å². The molecule has 2 atom stereocenters. The number of piperidine rings is 1. The normalized spacial score (nSPS) is 21.6. The molecule has 2 unspecified atom stereocenters. The minimum atomic E-state index is 0.299. The number of rotatable bonds is 8. The largest absolute Gasteiger partial charge is 0.494 e.